The SMILES string of the molecule is CCN(CC)C(=O)CSc1nnc(COc2ccccc2)n1-c1ccc(C)cc1. The molecular formula is C22H26N4O2S. The van der Waals surface area contributed by atoms with Gasteiger partial charge in [-0.2, -0.15) is 0 Å². The van der Waals surface area contributed by atoms with Gasteiger partial charge in [0.25, 0.3) is 0 Å². The Balaban J connectivity index is 1.83. The van der Waals surface area contributed by atoms with E-state index in [1.807, 2.05) is 84.8 Å². The molecule has 1 aromatic heterocycles. The van der Waals surface area contributed by atoms with Crippen molar-refractivity contribution in [3.8, 4) is 11.4 Å². The lowest BCUT2D eigenvalue weighted by molar-refractivity contribution is -0.127. The highest BCUT2D eigenvalue weighted by Crippen LogP contribution is 2.24. The molecule has 0 N–H and O–H groups in total. The van der Waals surface area contributed by atoms with Crippen LogP contribution in [0.1, 0.15) is 25.2 Å². The van der Waals surface area contributed by atoms with Crippen molar-refractivity contribution in [2.45, 2.75) is 32.5 Å². The number of thioether (sulfide) groups is 1. The van der Waals surface area contributed by atoms with Crippen LogP contribution < -0.4 is 4.74 Å². The molecule has 152 valence electrons. The summed E-state index contributed by atoms with van der Waals surface area (Å²) in [6.07, 6.45) is 0. The van der Waals surface area contributed by atoms with Crippen molar-refractivity contribution < 1.29 is 9.53 Å². The smallest absolute Gasteiger partial charge is 0.233 e. The Morgan fingerprint density at radius 1 is 1.03 bits per heavy atom. The monoisotopic (exact) mass is 410 g/mol. The number of amides is 1. The maximum Gasteiger partial charge on any atom is 0.233 e. The summed E-state index contributed by atoms with van der Waals surface area (Å²) in [7, 11) is 0. The second-order valence-electron chi connectivity index (χ2n) is 6.53. The van der Waals surface area contributed by atoms with E-state index in [4.69, 9.17) is 4.74 Å². The average molecular weight is 411 g/mol. The van der Waals surface area contributed by atoms with Gasteiger partial charge in [-0.3, -0.25) is 9.36 Å². The Labute approximate surface area is 175 Å². The Kier molecular flexibility index (Phi) is 7.30. The zero-order valence-electron chi connectivity index (χ0n) is 17.0. The van der Waals surface area contributed by atoms with Gasteiger partial charge in [0.2, 0.25) is 5.91 Å². The number of hydrogen-bond donors (Lipinski definition) is 0. The van der Waals surface area contributed by atoms with Crippen LogP contribution in [0.5, 0.6) is 5.75 Å². The first-order chi connectivity index (χ1) is 14.1. The normalized spacial score (nSPS) is 10.7. The van der Waals surface area contributed by atoms with Gasteiger partial charge in [-0.15, -0.1) is 10.2 Å². The third-order valence-electron chi connectivity index (χ3n) is 4.54. The third kappa shape index (κ3) is 5.38. The predicted molar refractivity (Wildman–Crippen MR) is 116 cm³/mol. The fraction of sp³-hybridized carbons (Fsp3) is 0.318. The van der Waals surface area contributed by atoms with Crippen LogP contribution in [-0.2, 0) is 11.4 Å². The first-order valence-electron chi connectivity index (χ1n) is 9.72. The second-order valence-corrected chi connectivity index (χ2v) is 7.47. The van der Waals surface area contributed by atoms with E-state index in [9.17, 15) is 4.79 Å². The van der Waals surface area contributed by atoms with E-state index in [0.717, 1.165) is 11.4 Å². The summed E-state index contributed by atoms with van der Waals surface area (Å²) in [6, 6.07) is 17.8. The molecule has 0 saturated carbocycles. The molecule has 0 unspecified atom stereocenters. The molecule has 7 heteroatoms. The number of carbonyl (C=O) groups is 1. The van der Waals surface area contributed by atoms with Crippen molar-refractivity contribution in [1.29, 1.82) is 0 Å². The summed E-state index contributed by atoms with van der Waals surface area (Å²) in [4.78, 5) is 14.2. The van der Waals surface area contributed by atoms with Gasteiger partial charge in [0.15, 0.2) is 11.0 Å². The second kappa shape index (κ2) is 10.1. The minimum absolute atomic E-state index is 0.0977. The van der Waals surface area contributed by atoms with E-state index in [1.54, 1.807) is 0 Å². The first kappa shape index (κ1) is 20.9. The molecule has 2 aromatic carbocycles. The van der Waals surface area contributed by atoms with E-state index in [-0.39, 0.29) is 12.5 Å². The van der Waals surface area contributed by atoms with Gasteiger partial charge in [0.05, 0.1) is 5.75 Å². The van der Waals surface area contributed by atoms with Crippen molar-refractivity contribution in [2.24, 2.45) is 0 Å². The summed E-state index contributed by atoms with van der Waals surface area (Å²) < 4.78 is 7.84. The lowest BCUT2D eigenvalue weighted by Gasteiger charge is -2.18. The van der Waals surface area contributed by atoms with Crippen molar-refractivity contribution in [3.05, 3.63) is 66.0 Å². The summed E-state index contributed by atoms with van der Waals surface area (Å²) in [5.41, 5.74) is 2.12. The van der Waals surface area contributed by atoms with Gasteiger partial charge in [0.1, 0.15) is 12.4 Å². The van der Waals surface area contributed by atoms with Crippen LogP contribution in [0.3, 0.4) is 0 Å². The molecule has 0 aliphatic heterocycles. The molecule has 0 saturated heterocycles. The minimum Gasteiger partial charge on any atom is -0.486 e. The molecule has 0 atom stereocenters. The lowest BCUT2D eigenvalue weighted by Crippen LogP contribution is -2.31. The van der Waals surface area contributed by atoms with E-state index in [1.165, 1.54) is 17.3 Å². The number of rotatable bonds is 9. The zero-order valence-corrected chi connectivity index (χ0v) is 17.9. The average Bonchev–Trinajstić information content (AvgIpc) is 3.16. The minimum atomic E-state index is 0.0977. The number of hydrogen-bond acceptors (Lipinski definition) is 5. The van der Waals surface area contributed by atoms with Gasteiger partial charge in [0, 0.05) is 18.8 Å². The van der Waals surface area contributed by atoms with E-state index >= 15 is 0 Å². The maximum absolute atomic E-state index is 12.4. The molecule has 1 heterocycles. The van der Waals surface area contributed by atoms with Gasteiger partial charge in [-0.05, 0) is 45.0 Å². The molecule has 0 aliphatic carbocycles. The Morgan fingerprint density at radius 2 is 1.72 bits per heavy atom. The van der Waals surface area contributed by atoms with E-state index < -0.39 is 0 Å². The lowest BCUT2D eigenvalue weighted by atomic mass is 10.2. The fourth-order valence-electron chi connectivity index (χ4n) is 2.90. The Morgan fingerprint density at radius 3 is 2.38 bits per heavy atom. The van der Waals surface area contributed by atoms with Crippen molar-refractivity contribution >= 4 is 17.7 Å². The van der Waals surface area contributed by atoms with Gasteiger partial charge in [-0.1, -0.05) is 47.7 Å². The van der Waals surface area contributed by atoms with Crippen LogP contribution in [0.15, 0.2) is 59.8 Å². The van der Waals surface area contributed by atoms with Crippen LogP contribution in [0.4, 0.5) is 0 Å². The molecule has 3 rings (SSSR count). The van der Waals surface area contributed by atoms with Crippen molar-refractivity contribution in [3.63, 3.8) is 0 Å². The highest BCUT2D eigenvalue weighted by molar-refractivity contribution is 7.99. The number of para-hydroxylation sites is 1. The number of ether oxygens (including phenoxy) is 1. The van der Waals surface area contributed by atoms with E-state index in [0.29, 0.717) is 29.8 Å². The third-order valence-corrected chi connectivity index (χ3v) is 5.46. The molecule has 0 radical (unpaired) electrons. The number of nitrogens with zero attached hydrogens (tertiary/aromatic N) is 4. The predicted octanol–water partition coefficient (Wildman–Crippen LogP) is 4.12. The summed E-state index contributed by atoms with van der Waals surface area (Å²) in [5.74, 6) is 1.89. The van der Waals surface area contributed by atoms with Crippen LogP contribution in [0, 0.1) is 6.92 Å². The van der Waals surface area contributed by atoms with Crippen LogP contribution in [0.25, 0.3) is 5.69 Å². The molecular weight excluding hydrogens is 384 g/mol. The Bertz CT molecular complexity index is 922. The molecule has 0 aliphatic rings. The fourth-order valence-corrected chi connectivity index (χ4v) is 3.77. The highest BCUT2D eigenvalue weighted by Gasteiger charge is 2.18. The summed E-state index contributed by atoms with van der Waals surface area (Å²) in [5, 5.41) is 9.35. The van der Waals surface area contributed by atoms with Crippen molar-refractivity contribution in [2.75, 3.05) is 18.8 Å². The van der Waals surface area contributed by atoms with Crippen LogP contribution in [-0.4, -0.2) is 44.4 Å². The molecule has 0 bridgehead atoms. The summed E-state index contributed by atoms with van der Waals surface area (Å²) >= 11 is 1.40. The molecule has 0 fully saturated rings. The standard InChI is InChI=1S/C22H26N4O2S/c1-4-25(5-2)21(27)16-29-22-24-23-20(15-28-19-9-7-6-8-10-19)26(22)18-13-11-17(3)12-14-18/h6-14H,4-5,15-16H2,1-3H3. The molecule has 0 spiro atoms. The number of carbonyl (C=O) groups excluding carboxylic acids is 1. The van der Waals surface area contributed by atoms with Crippen molar-refractivity contribution in [1.82, 2.24) is 19.7 Å². The quantitative estimate of drug-likeness (QED) is 0.497. The van der Waals surface area contributed by atoms with E-state index in [2.05, 4.69) is 10.2 Å². The zero-order chi connectivity index (χ0) is 20.6. The first-order valence-corrected chi connectivity index (χ1v) is 10.7. The van der Waals surface area contributed by atoms with Crippen LogP contribution in [0.2, 0.25) is 0 Å². The van der Waals surface area contributed by atoms with Gasteiger partial charge < -0.3 is 9.64 Å². The molecule has 1 amide bonds. The topological polar surface area (TPSA) is 60.3 Å². The summed E-state index contributed by atoms with van der Waals surface area (Å²) in [6.45, 7) is 7.72. The Hall–Kier alpha value is -2.80. The molecule has 6 nitrogen and oxygen atoms in total. The molecule has 29 heavy (non-hydrogen) atoms. The number of aromatic nitrogens is 3. The number of aryl methyl sites for hydroxylation is 1. The van der Waals surface area contributed by atoms with Crippen LogP contribution >= 0.6 is 11.8 Å². The van der Waals surface area contributed by atoms with Gasteiger partial charge in [-0.25, -0.2) is 0 Å². The number of benzene rings is 2. The molecule has 3 aromatic rings. The highest BCUT2D eigenvalue weighted by atomic mass is 32.2. The maximum atomic E-state index is 12.4. The van der Waals surface area contributed by atoms with Gasteiger partial charge >= 0.3 is 0 Å². The largest absolute Gasteiger partial charge is 0.486 e.